The largest absolute Gasteiger partial charge is 0.459 e. The van der Waals surface area contributed by atoms with Crippen LogP contribution in [0.3, 0.4) is 0 Å². The van der Waals surface area contributed by atoms with Crippen molar-refractivity contribution in [3.63, 3.8) is 0 Å². The number of ether oxygens (including phenoxy) is 1. The first kappa shape index (κ1) is 17.5. The van der Waals surface area contributed by atoms with E-state index in [-0.39, 0.29) is 22.6 Å². The van der Waals surface area contributed by atoms with Gasteiger partial charge in [0, 0.05) is 10.2 Å². The summed E-state index contributed by atoms with van der Waals surface area (Å²) in [5.41, 5.74) is 1.17. The number of benzene rings is 2. The second-order valence-corrected chi connectivity index (χ2v) is 6.34. The second-order valence-electron chi connectivity index (χ2n) is 5.08. The van der Waals surface area contributed by atoms with Crippen LogP contribution in [0.5, 0.6) is 0 Å². The monoisotopic (exact) mass is 395 g/mol. The van der Waals surface area contributed by atoms with Gasteiger partial charge in [0.2, 0.25) is 0 Å². The van der Waals surface area contributed by atoms with Gasteiger partial charge < -0.3 is 10.1 Å². The van der Waals surface area contributed by atoms with Gasteiger partial charge in [0.1, 0.15) is 0 Å². The lowest BCUT2D eigenvalue weighted by Crippen LogP contribution is -2.15. The molecule has 0 fully saturated rings. The van der Waals surface area contributed by atoms with Crippen molar-refractivity contribution in [2.24, 2.45) is 0 Å². The SMILES string of the molecule is CC(C)OC(=O)c1cc(NC(=O)c2ccccc2Br)ccc1Cl. The van der Waals surface area contributed by atoms with Gasteiger partial charge in [0.05, 0.1) is 22.3 Å². The first-order chi connectivity index (χ1) is 10.9. The van der Waals surface area contributed by atoms with Crippen LogP contribution in [0.4, 0.5) is 5.69 Å². The molecule has 1 amide bonds. The molecule has 0 aliphatic heterocycles. The van der Waals surface area contributed by atoms with Crippen LogP contribution in [-0.2, 0) is 4.74 Å². The summed E-state index contributed by atoms with van der Waals surface area (Å²) in [6.07, 6.45) is -0.253. The van der Waals surface area contributed by atoms with Crippen LogP contribution in [0, 0.1) is 0 Å². The zero-order chi connectivity index (χ0) is 17.0. The molecule has 0 saturated heterocycles. The molecular weight excluding hydrogens is 382 g/mol. The van der Waals surface area contributed by atoms with E-state index < -0.39 is 5.97 Å². The molecule has 0 unspecified atom stereocenters. The van der Waals surface area contributed by atoms with E-state index >= 15 is 0 Å². The predicted molar refractivity (Wildman–Crippen MR) is 94.1 cm³/mol. The molecule has 2 aromatic carbocycles. The summed E-state index contributed by atoms with van der Waals surface area (Å²) >= 11 is 9.36. The van der Waals surface area contributed by atoms with Crippen molar-refractivity contribution in [3.05, 3.63) is 63.1 Å². The lowest BCUT2D eigenvalue weighted by molar-refractivity contribution is 0.0378. The van der Waals surface area contributed by atoms with Crippen molar-refractivity contribution >= 4 is 45.1 Å². The minimum absolute atomic E-state index is 0.213. The van der Waals surface area contributed by atoms with Gasteiger partial charge in [-0.15, -0.1) is 0 Å². The van der Waals surface area contributed by atoms with E-state index in [9.17, 15) is 9.59 Å². The third-order valence-electron chi connectivity index (χ3n) is 2.91. The Bertz CT molecular complexity index is 746. The fraction of sp³-hybridized carbons (Fsp3) is 0.176. The van der Waals surface area contributed by atoms with Crippen molar-refractivity contribution in [1.82, 2.24) is 0 Å². The Labute approximate surface area is 147 Å². The number of nitrogens with one attached hydrogen (secondary N) is 1. The first-order valence-corrected chi connectivity index (χ1v) is 8.12. The highest BCUT2D eigenvalue weighted by atomic mass is 79.9. The number of hydrogen-bond acceptors (Lipinski definition) is 3. The topological polar surface area (TPSA) is 55.4 Å². The second kappa shape index (κ2) is 7.62. The number of carbonyl (C=O) groups excluding carboxylic acids is 2. The summed E-state index contributed by atoms with van der Waals surface area (Å²) in [6, 6.07) is 11.8. The Morgan fingerprint density at radius 3 is 2.48 bits per heavy atom. The first-order valence-electron chi connectivity index (χ1n) is 6.95. The van der Waals surface area contributed by atoms with Gasteiger partial charge in [-0.1, -0.05) is 23.7 Å². The fourth-order valence-corrected chi connectivity index (χ4v) is 2.54. The zero-order valence-electron chi connectivity index (χ0n) is 12.6. The van der Waals surface area contributed by atoms with Gasteiger partial charge in [0.15, 0.2) is 0 Å². The molecule has 0 radical (unpaired) electrons. The summed E-state index contributed by atoms with van der Waals surface area (Å²) in [5, 5.41) is 3.01. The smallest absolute Gasteiger partial charge is 0.339 e. The summed E-state index contributed by atoms with van der Waals surface area (Å²) in [5.74, 6) is -0.815. The van der Waals surface area contributed by atoms with Crippen LogP contribution in [0.15, 0.2) is 46.9 Å². The molecule has 0 atom stereocenters. The van der Waals surface area contributed by atoms with Gasteiger partial charge in [-0.2, -0.15) is 0 Å². The molecule has 6 heteroatoms. The van der Waals surface area contributed by atoms with Crippen molar-refractivity contribution in [3.8, 4) is 0 Å². The standard InChI is InChI=1S/C17H15BrClNO3/c1-10(2)23-17(22)13-9-11(7-8-15(13)19)20-16(21)12-5-3-4-6-14(12)18/h3-10H,1-2H3,(H,20,21). The number of esters is 1. The van der Waals surface area contributed by atoms with Crippen molar-refractivity contribution in [2.75, 3.05) is 5.32 Å². The minimum atomic E-state index is -0.526. The van der Waals surface area contributed by atoms with Gasteiger partial charge in [-0.05, 0) is 60.1 Å². The summed E-state index contributed by atoms with van der Waals surface area (Å²) < 4.78 is 5.82. The fourth-order valence-electron chi connectivity index (χ4n) is 1.88. The van der Waals surface area contributed by atoms with Crippen molar-refractivity contribution < 1.29 is 14.3 Å². The summed E-state index contributed by atoms with van der Waals surface area (Å²) in [6.45, 7) is 3.51. The van der Waals surface area contributed by atoms with E-state index in [0.717, 1.165) is 0 Å². The zero-order valence-corrected chi connectivity index (χ0v) is 14.9. The maximum atomic E-state index is 12.3. The van der Waals surface area contributed by atoms with E-state index in [1.807, 2.05) is 6.07 Å². The van der Waals surface area contributed by atoms with Crippen LogP contribution in [0.1, 0.15) is 34.6 Å². The molecule has 1 N–H and O–H groups in total. The maximum Gasteiger partial charge on any atom is 0.339 e. The minimum Gasteiger partial charge on any atom is -0.459 e. The lowest BCUT2D eigenvalue weighted by atomic mass is 10.1. The normalized spacial score (nSPS) is 10.5. The van der Waals surface area contributed by atoms with Crippen LogP contribution in [0.2, 0.25) is 5.02 Å². The predicted octanol–water partition coefficient (Wildman–Crippen LogP) is 4.92. The van der Waals surface area contributed by atoms with Gasteiger partial charge in [0.25, 0.3) is 5.91 Å². The molecule has 0 aliphatic rings. The van der Waals surface area contributed by atoms with E-state index in [4.69, 9.17) is 16.3 Å². The van der Waals surface area contributed by atoms with E-state index in [2.05, 4.69) is 21.2 Å². The third kappa shape index (κ3) is 4.56. The molecule has 120 valence electrons. The molecule has 2 rings (SSSR count). The van der Waals surface area contributed by atoms with E-state index in [0.29, 0.717) is 15.7 Å². The third-order valence-corrected chi connectivity index (χ3v) is 3.93. The molecule has 0 aromatic heterocycles. The Morgan fingerprint density at radius 1 is 1.13 bits per heavy atom. The highest BCUT2D eigenvalue weighted by molar-refractivity contribution is 9.10. The Balaban J connectivity index is 2.23. The highest BCUT2D eigenvalue weighted by Gasteiger charge is 2.16. The number of halogens is 2. The highest BCUT2D eigenvalue weighted by Crippen LogP contribution is 2.23. The number of hydrogen-bond donors (Lipinski definition) is 1. The Morgan fingerprint density at radius 2 is 1.83 bits per heavy atom. The van der Waals surface area contributed by atoms with E-state index in [1.54, 1.807) is 44.2 Å². The number of rotatable bonds is 4. The van der Waals surface area contributed by atoms with Gasteiger partial charge in [-0.25, -0.2) is 4.79 Å². The molecule has 2 aromatic rings. The van der Waals surface area contributed by atoms with Crippen LogP contribution >= 0.6 is 27.5 Å². The molecule has 0 spiro atoms. The van der Waals surface area contributed by atoms with Crippen LogP contribution in [0.25, 0.3) is 0 Å². The lowest BCUT2D eigenvalue weighted by Gasteiger charge is -2.11. The van der Waals surface area contributed by atoms with E-state index in [1.165, 1.54) is 6.07 Å². The van der Waals surface area contributed by atoms with Crippen LogP contribution < -0.4 is 5.32 Å². The molecule has 23 heavy (non-hydrogen) atoms. The quantitative estimate of drug-likeness (QED) is 0.746. The Kier molecular flexibility index (Phi) is 5.80. The Hall–Kier alpha value is -1.85. The van der Waals surface area contributed by atoms with Gasteiger partial charge in [-0.3, -0.25) is 4.79 Å². The van der Waals surface area contributed by atoms with Crippen molar-refractivity contribution in [1.29, 1.82) is 0 Å². The number of carbonyl (C=O) groups is 2. The van der Waals surface area contributed by atoms with Gasteiger partial charge >= 0.3 is 5.97 Å². The molecule has 0 aliphatic carbocycles. The molecule has 0 saturated carbocycles. The van der Waals surface area contributed by atoms with Crippen molar-refractivity contribution in [2.45, 2.75) is 20.0 Å². The average molecular weight is 397 g/mol. The molecular formula is C17H15BrClNO3. The molecule has 0 bridgehead atoms. The number of anilines is 1. The maximum absolute atomic E-state index is 12.3. The molecule has 0 heterocycles. The molecule has 4 nitrogen and oxygen atoms in total. The summed E-state index contributed by atoms with van der Waals surface area (Å²) in [7, 11) is 0. The number of amides is 1. The summed E-state index contributed by atoms with van der Waals surface area (Å²) in [4.78, 5) is 24.3. The average Bonchev–Trinajstić information content (AvgIpc) is 2.48. The van der Waals surface area contributed by atoms with Crippen LogP contribution in [-0.4, -0.2) is 18.0 Å².